The molecule has 4 nitrogen and oxygen atoms in total. The highest BCUT2D eigenvalue weighted by Crippen LogP contribution is 2.31. The molecule has 0 fully saturated rings. The number of esters is 1. The van der Waals surface area contributed by atoms with Gasteiger partial charge in [-0.1, -0.05) is 18.2 Å². The van der Waals surface area contributed by atoms with Crippen molar-refractivity contribution >= 4 is 11.5 Å². The maximum Gasteiger partial charge on any atom is 0.416 e. The molecule has 0 radical (unpaired) electrons. The summed E-state index contributed by atoms with van der Waals surface area (Å²) in [5, 5.41) is 0. The molecule has 0 atom stereocenters. The summed E-state index contributed by atoms with van der Waals surface area (Å²) in [5.41, 5.74) is -0.937. The smallest absolute Gasteiger partial charge is 0.416 e. The van der Waals surface area contributed by atoms with Crippen molar-refractivity contribution in [3.63, 3.8) is 0 Å². The molecule has 0 N–H and O–H groups in total. The van der Waals surface area contributed by atoms with Crippen LogP contribution >= 0.6 is 0 Å². The first-order valence-electron chi connectivity index (χ1n) is 7.23. The number of alkyl halides is 3. The van der Waals surface area contributed by atoms with Gasteiger partial charge in [-0.15, -0.1) is 0 Å². The van der Waals surface area contributed by atoms with Crippen LogP contribution in [0.4, 0.5) is 13.2 Å². The molecule has 0 aliphatic heterocycles. The van der Waals surface area contributed by atoms with E-state index in [1.807, 2.05) is 0 Å². The van der Waals surface area contributed by atoms with Crippen LogP contribution in [0.15, 0.2) is 59.5 Å². The molecular weight excluding hydrogens is 335 g/mol. The van der Waals surface area contributed by atoms with Crippen LogP contribution < -0.4 is 5.56 Å². The highest BCUT2D eigenvalue weighted by molar-refractivity contribution is 5.98. The number of halogens is 3. The van der Waals surface area contributed by atoms with E-state index in [9.17, 15) is 22.8 Å². The molecular formula is C18H12F3NO3. The van der Waals surface area contributed by atoms with Crippen molar-refractivity contribution in [3.05, 3.63) is 76.2 Å². The van der Waals surface area contributed by atoms with Crippen molar-refractivity contribution in [1.82, 2.24) is 4.40 Å². The Hall–Kier alpha value is -3.09. The summed E-state index contributed by atoms with van der Waals surface area (Å²) in [7, 11) is 1.19. The molecule has 7 heteroatoms. The Kier molecular flexibility index (Phi) is 4.08. The Labute approximate surface area is 140 Å². The topological polar surface area (TPSA) is 47.8 Å². The van der Waals surface area contributed by atoms with Gasteiger partial charge in [-0.25, -0.2) is 4.79 Å². The summed E-state index contributed by atoms with van der Waals surface area (Å²) in [6.07, 6.45) is -3.09. The molecule has 3 aromatic rings. The molecule has 0 aliphatic carbocycles. The minimum atomic E-state index is -4.53. The zero-order valence-electron chi connectivity index (χ0n) is 13.0. The molecule has 0 bridgehead atoms. The van der Waals surface area contributed by atoms with Crippen molar-refractivity contribution in [1.29, 1.82) is 0 Å². The first-order valence-corrected chi connectivity index (χ1v) is 7.23. The van der Waals surface area contributed by atoms with E-state index in [1.165, 1.54) is 35.9 Å². The van der Waals surface area contributed by atoms with Crippen molar-refractivity contribution in [2.45, 2.75) is 6.18 Å². The lowest BCUT2D eigenvalue weighted by Crippen LogP contribution is -2.19. The van der Waals surface area contributed by atoms with Gasteiger partial charge in [0, 0.05) is 11.8 Å². The standard InChI is InChI=1S/C18H12F3NO3/c1-25-17(24)14-10-13(16(23)22-8-3-2-7-15(14)22)11-5-4-6-12(9-11)18(19,20)21/h2-10H,1H3. The maximum absolute atomic E-state index is 12.9. The van der Waals surface area contributed by atoms with Gasteiger partial charge in [0.05, 0.1) is 23.8 Å². The third kappa shape index (κ3) is 3.00. The lowest BCUT2D eigenvalue weighted by Gasteiger charge is -2.12. The molecule has 128 valence electrons. The number of ether oxygens (including phenoxy) is 1. The second-order valence-corrected chi connectivity index (χ2v) is 5.30. The Bertz CT molecular complexity index is 1020. The summed E-state index contributed by atoms with van der Waals surface area (Å²) < 4.78 is 44.8. The van der Waals surface area contributed by atoms with Gasteiger partial charge in [-0.05, 0) is 35.9 Å². The number of aromatic nitrogens is 1. The number of methoxy groups -OCH3 is 1. The van der Waals surface area contributed by atoms with Gasteiger partial charge in [0.2, 0.25) is 0 Å². The molecule has 25 heavy (non-hydrogen) atoms. The summed E-state index contributed by atoms with van der Waals surface area (Å²) in [4.78, 5) is 24.7. The van der Waals surface area contributed by atoms with Crippen molar-refractivity contribution in [2.24, 2.45) is 0 Å². The summed E-state index contributed by atoms with van der Waals surface area (Å²) in [5.74, 6) is -0.683. The van der Waals surface area contributed by atoms with Crippen LogP contribution in [0.5, 0.6) is 0 Å². The van der Waals surface area contributed by atoms with Crippen LogP contribution in [0.25, 0.3) is 16.6 Å². The predicted molar refractivity (Wildman–Crippen MR) is 85.4 cm³/mol. The summed E-state index contributed by atoms with van der Waals surface area (Å²) in [6, 6.07) is 10.5. The third-order valence-corrected chi connectivity index (χ3v) is 3.78. The van der Waals surface area contributed by atoms with E-state index in [4.69, 9.17) is 4.74 Å². The number of rotatable bonds is 2. The summed E-state index contributed by atoms with van der Waals surface area (Å²) >= 11 is 0. The summed E-state index contributed by atoms with van der Waals surface area (Å²) in [6.45, 7) is 0. The van der Waals surface area contributed by atoms with Crippen LogP contribution in [-0.2, 0) is 10.9 Å². The van der Waals surface area contributed by atoms with E-state index < -0.39 is 23.3 Å². The van der Waals surface area contributed by atoms with Crippen molar-refractivity contribution < 1.29 is 22.7 Å². The largest absolute Gasteiger partial charge is 0.465 e. The van der Waals surface area contributed by atoms with Gasteiger partial charge in [-0.2, -0.15) is 13.2 Å². The monoisotopic (exact) mass is 347 g/mol. The van der Waals surface area contributed by atoms with Gasteiger partial charge in [0.25, 0.3) is 5.56 Å². The number of benzene rings is 1. The average molecular weight is 347 g/mol. The molecule has 0 spiro atoms. The predicted octanol–water partition coefficient (Wildman–Crippen LogP) is 3.77. The van der Waals surface area contributed by atoms with E-state index in [1.54, 1.807) is 18.2 Å². The molecule has 2 heterocycles. The fraction of sp³-hybridized carbons (Fsp3) is 0.111. The number of hydrogen-bond acceptors (Lipinski definition) is 3. The third-order valence-electron chi connectivity index (χ3n) is 3.78. The quantitative estimate of drug-likeness (QED) is 0.663. The van der Waals surface area contributed by atoms with Crippen molar-refractivity contribution in [3.8, 4) is 11.1 Å². The molecule has 3 rings (SSSR count). The molecule has 2 aromatic heterocycles. The second-order valence-electron chi connectivity index (χ2n) is 5.30. The molecule has 0 aliphatic rings. The average Bonchev–Trinajstić information content (AvgIpc) is 2.61. The minimum Gasteiger partial charge on any atom is -0.465 e. The lowest BCUT2D eigenvalue weighted by atomic mass is 10.0. The zero-order valence-corrected chi connectivity index (χ0v) is 13.0. The Morgan fingerprint density at radius 2 is 1.84 bits per heavy atom. The van der Waals surface area contributed by atoms with Gasteiger partial charge in [0.15, 0.2) is 0 Å². The maximum atomic E-state index is 12.9. The van der Waals surface area contributed by atoms with E-state index in [0.29, 0.717) is 5.52 Å². The zero-order chi connectivity index (χ0) is 18.2. The number of fused-ring (bicyclic) bond motifs is 1. The van der Waals surface area contributed by atoms with Crippen LogP contribution in [0.2, 0.25) is 0 Å². The first-order chi connectivity index (χ1) is 11.8. The van der Waals surface area contributed by atoms with Gasteiger partial charge in [-0.3, -0.25) is 9.20 Å². The van der Waals surface area contributed by atoms with E-state index >= 15 is 0 Å². The number of nitrogens with zero attached hydrogens (tertiary/aromatic N) is 1. The fourth-order valence-electron chi connectivity index (χ4n) is 2.59. The Balaban J connectivity index is 2.33. The highest BCUT2D eigenvalue weighted by atomic mass is 19.4. The number of hydrogen-bond donors (Lipinski definition) is 0. The number of carbonyl (C=O) groups is 1. The Morgan fingerprint density at radius 1 is 1.08 bits per heavy atom. The normalized spacial score (nSPS) is 11.5. The van der Waals surface area contributed by atoms with Crippen LogP contribution in [0.3, 0.4) is 0 Å². The first kappa shape index (κ1) is 16.8. The van der Waals surface area contributed by atoms with E-state index in [0.717, 1.165) is 12.1 Å². The molecule has 0 saturated carbocycles. The molecule has 0 unspecified atom stereocenters. The van der Waals surface area contributed by atoms with E-state index in [2.05, 4.69) is 0 Å². The highest BCUT2D eigenvalue weighted by Gasteiger charge is 2.30. The number of pyridine rings is 2. The molecule has 1 aromatic carbocycles. The van der Waals surface area contributed by atoms with Crippen LogP contribution in [-0.4, -0.2) is 17.5 Å². The number of carbonyl (C=O) groups excluding carboxylic acids is 1. The minimum absolute atomic E-state index is 0.0183. The van der Waals surface area contributed by atoms with Gasteiger partial charge >= 0.3 is 12.1 Å². The fourth-order valence-corrected chi connectivity index (χ4v) is 2.59. The SMILES string of the molecule is COC(=O)c1cc(-c2cccc(C(F)(F)F)c2)c(=O)n2ccccc12. The van der Waals surface area contributed by atoms with Crippen molar-refractivity contribution in [2.75, 3.05) is 7.11 Å². The molecule has 0 amide bonds. The molecule has 0 saturated heterocycles. The second kappa shape index (κ2) is 6.08. The van der Waals surface area contributed by atoms with E-state index in [-0.39, 0.29) is 16.7 Å². The van der Waals surface area contributed by atoms with Gasteiger partial charge in [0.1, 0.15) is 0 Å². The van der Waals surface area contributed by atoms with Crippen LogP contribution in [0.1, 0.15) is 15.9 Å². The van der Waals surface area contributed by atoms with Crippen LogP contribution in [0, 0.1) is 0 Å². The lowest BCUT2D eigenvalue weighted by molar-refractivity contribution is -0.137. The Morgan fingerprint density at radius 3 is 2.52 bits per heavy atom. The van der Waals surface area contributed by atoms with Gasteiger partial charge < -0.3 is 4.74 Å².